The molecule has 0 fully saturated rings. The van der Waals surface area contributed by atoms with Gasteiger partial charge >= 0.3 is 0 Å². The zero-order valence-corrected chi connectivity index (χ0v) is 17.1. The van der Waals surface area contributed by atoms with Gasteiger partial charge < -0.3 is 15.4 Å². The number of aryl methyl sites for hydroxylation is 1. The van der Waals surface area contributed by atoms with E-state index in [2.05, 4.69) is 58.9 Å². The highest BCUT2D eigenvalue weighted by Gasteiger charge is 2.20. The number of aliphatic imine (C=N–C) groups is 1. The van der Waals surface area contributed by atoms with Gasteiger partial charge in [0, 0.05) is 26.1 Å². The minimum Gasteiger partial charge on any atom is -0.493 e. The zero-order valence-electron chi connectivity index (χ0n) is 14.8. The van der Waals surface area contributed by atoms with Crippen LogP contribution in [0.4, 0.5) is 0 Å². The molecule has 0 saturated heterocycles. The molecule has 0 saturated carbocycles. The number of hydrogen-bond acceptors (Lipinski definition) is 2. The number of para-hydroxylation sites is 1. The van der Waals surface area contributed by atoms with E-state index in [0.29, 0.717) is 5.92 Å². The molecule has 25 heavy (non-hydrogen) atoms. The van der Waals surface area contributed by atoms with Crippen molar-refractivity contribution in [3.63, 3.8) is 0 Å². The van der Waals surface area contributed by atoms with E-state index in [1.807, 2.05) is 19.2 Å². The van der Waals surface area contributed by atoms with Crippen molar-refractivity contribution in [2.24, 2.45) is 4.99 Å². The topological polar surface area (TPSA) is 45.7 Å². The summed E-state index contributed by atoms with van der Waals surface area (Å²) >= 11 is 0. The average molecular weight is 451 g/mol. The SMILES string of the molecule is CN=C(NCc1cccc(C)c1)NCC1CCOc2ccccc21.I. The van der Waals surface area contributed by atoms with Crippen molar-refractivity contribution in [3.8, 4) is 5.75 Å². The number of nitrogens with zero attached hydrogens (tertiary/aromatic N) is 1. The van der Waals surface area contributed by atoms with E-state index >= 15 is 0 Å². The van der Waals surface area contributed by atoms with Gasteiger partial charge in [-0.15, -0.1) is 24.0 Å². The summed E-state index contributed by atoms with van der Waals surface area (Å²) in [6, 6.07) is 16.8. The van der Waals surface area contributed by atoms with Crippen LogP contribution in [-0.2, 0) is 6.54 Å². The van der Waals surface area contributed by atoms with Crippen molar-refractivity contribution >= 4 is 29.9 Å². The first-order valence-corrected chi connectivity index (χ1v) is 8.48. The number of ether oxygens (including phenoxy) is 1. The van der Waals surface area contributed by atoms with Gasteiger partial charge in [0.1, 0.15) is 5.75 Å². The van der Waals surface area contributed by atoms with Crippen molar-refractivity contribution in [1.82, 2.24) is 10.6 Å². The Balaban J connectivity index is 0.00000225. The van der Waals surface area contributed by atoms with E-state index in [-0.39, 0.29) is 24.0 Å². The molecule has 0 bridgehead atoms. The number of halogens is 1. The highest BCUT2D eigenvalue weighted by atomic mass is 127. The smallest absolute Gasteiger partial charge is 0.191 e. The summed E-state index contributed by atoms with van der Waals surface area (Å²) < 4.78 is 5.73. The predicted octanol–water partition coefficient (Wildman–Crippen LogP) is 3.84. The Morgan fingerprint density at radius 3 is 2.80 bits per heavy atom. The summed E-state index contributed by atoms with van der Waals surface area (Å²) in [5, 5.41) is 6.83. The first-order chi connectivity index (χ1) is 11.8. The molecule has 1 aliphatic rings. The molecular formula is C20H26IN3O. The number of benzene rings is 2. The molecule has 134 valence electrons. The van der Waals surface area contributed by atoms with E-state index in [9.17, 15) is 0 Å². The number of rotatable bonds is 4. The average Bonchev–Trinajstić information content (AvgIpc) is 2.62. The lowest BCUT2D eigenvalue weighted by Crippen LogP contribution is -2.39. The van der Waals surface area contributed by atoms with E-state index in [0.717, 1.165) is 37.8 Å². The lowest BCUT2D eigenvalue weighted by atomic mass is 9.93. The second-order valence-electron chi connectivity index (χ2n) is 6.17. The van der Waals surface area contributed by atoms with Crippen LogP contribution in [0.25, 0.3) is 0 Å². The molecule has 5 heteroatoms. The Hall–Kier alpha value is -1.76. The van der Waals surface area contributed by atoms with E-state index in [4.69, 9.17) is 4.74 Å². The molecule has 1 heterocycles. The van der Waals surface area contributed by atoms with Crippen molar-refractivity contribution in [2.45, 2.75) is 25.8 Å². The summed E-state index contributed by atoms with van der Waals surface area (Å²) in [5.41, 5.74) is 3.82. The number of guanidine groups is 1. The van der Waals surface area contributed by atoms with Crippen LogP contribution in [-0.4, -0.2) is 26.2 Å². The van der Waals surface area contributed by atoms with Crippen molar-refractivity contribution in [1.29, 1.82) is 0 Å². The van der Waals surface area contributed by atoms with Gasteiger partial charge in [-0.3, -0.25) is 4.99 Å². The van der Waals surface area contributed by atoms with E-state index in [1.165, 1.54) is 16.7 Å². The molecule has 2 aromatic carbocycles. The zero-order chi connectivity index (χ0) is 16.8. The van der Waals surface area contributed by atoms with Crippen LogP contribution in [0.15, 0.2) is 53.5 Å². The van der Waals surface area contributed by atoms with Gasteiger partial charge in [0.15, 0.2) is 5.96 Å². The Kier molecular flexibility index (Phi) is 7.55. The van der Waals surface area contributed by atoms with Crippen LogP contribution in [0.1, 0.15) is 29.0 Å². The third-order valence-corrected chi connectivity index (χ3v) is 4.36. The van der Waals surface area contributed by atoms with E-state index in [1.54, 1.807) is 0 Å². The van der Waals surface area contributed by atoms with Crippen LogP contribution in [0.2, 0.25) is 0 Å². The third-order valence-electron chi connectivity index (χ3n) is 4.36. The van der Waals surface area contributed by atoms with Crippen molar-refractivity contribution in [2.75, 3.05) is 20.2 Å². The van der Waals surface area contributed by atoms with Gasteiger partial charge in [0.25, 0.3) is 0 Å². The van der Waals surface area contributed by atoms with E-state index < -0.39 is 0 Å². The molecule has 3 rings (SSSR count). The van der Waals surface area contributed by atoms with Gasteiger partial charge in [-0.1, -0.05) is 48.0 Å². The van der Waals surface area contributed by atoms with Crippen LogP contribution in [0.5, 0.6) is 5.75 Å². The molecule has 0 radical (unpaired) electrons. The Bertz CT molecular complexity index is 718. The largest absolute Gasteiger partial charge is 0.493 e. The standard InChI is InChI=1S/C20H25N3O.HI/c1-15-6-5-7-16(12-15)13-22-20(21-2)23-14-17-10-11-24-19-9-4-3-8-18(17)19;/h3-9,12,17H,10-11,13-14H2,1-2H3,(H2,21,22,23);1H. The van der Waals surface area contributed by atoms with Gasteiger partial charge in [-0.05, 0) is 30.5 Å². The fraction of sp³-hybridized carbons (Fsp3) is 0.350. The number of nitrogens with one attached hydrogen (secondary N) is 2. The monoisotopic (exact) mass is 451 g/mol. The highest BCUT2D eigenvalue weighted by Crippen LogP contribution is 2.32. The second kappa shape index (κ2) is 9.65. The Morgan fingerprint density at radius 2 is 2.00 bits per heavy atom. The fourth-order valence-corrected chi connectivity index (χ4v) is 3.08. The number of fused-ring (bicyclic) bond motifs is 1. The Labute approximate surface area is 167 Å². The predicted molar refractivity (Wildman–Crippen MR) is 114 cm³/mol. The molecule has 0 aromatic heterocycles. The van der Waals surface area contributed by atoms with Crippen LogP contribution in [0, 0.1) is 6.92 Å². The van der Waals surface area contributed by atoms with Crippen molar-refractivity contribution in [3.05, 3.63) is 65.2 Å². The normalized spacial score (nSPS) is 16.2. The maximum Gasteiger partial charge on any atom is 0.191 e. The van der Waals surface area contributed by atoms with Crippen LogP contribution < -0.4 is 15.4 Å². The molecule has 0 amide bonds. The number of hydrogen-bond donors (Lipinski definition) is 2. The Morgan fingerprint density at radius 1 is 1.16 bits per heavy atom. The molecule has 2 N–H and O–H groups in total. The lowest BCUT2D eigenvalue weighted by Gasteiger charge is -2.26. The molecule has 1 atom stereocenters. The highest BCUT2D eigenvalue weighted by molar-refractivity contribution is 14.0. The quantitative estimate of drug-likeness (QED) is 0.422. The van der Waals surface area contributed by atoms with Crippen molar-refractivity contribution < 1.29 is 4.74 Å². The van der Waals surface area contributed by atoms with Gasteiger partial charge in [0.2, 0.25) is 0 Å². The molecule has 1 aliphatic heterocycles. The van der Waals surface area contributed by atoms with Gasteiger partial charge in [0.05, 0.1) is 6.61 Å². The molecule has 0 spiro atoms. The van der Waals surface area contributed by atoms with Gasteiger partial charge in [-0.25, -0.2) is 0 Å². The molecule has 0 aliphatic carbocycles. The lowest BCUT2D eigenvalue weighted by molar-refractivity contribution is 0.267. The summed E-state index contributed by atoms with van der Waals surface area (Å²) in [4.78, 5) is 4.33. The molecule has 1 unspecified atom stereocenters. The fourth-order valence-electron chi connectivity index (χ4n) is 3.08. The third kappa shape index (κ3) is 5.36. The van der Waals surface area contributed by atoms with Gasteiger partial charge in [-0.2, -0.15) is 0 Å². The maximum atomic E-state index is 5.73. The second-order valence-corrected chi connectivity index (χ2v) is 6.17. The minimum absolute atomic E-state index is 0. The summed E-state index contributed by atoms with van der Waals surface area (Å²) in [5.74, 6) is 2.30. The molecular weight excluding hydrogens is 425 g/mol. The minimum atomic E-state index is 0. The first-order valence-electron chi connectivity index (χ1n) is 8.48. The summed E-state index contributed by atoms with van der Waals surface area (Å²) in [6.45, 7) is 4.51. The summed E-state index contributed by atoms with van der Waals surface area (Å²) in [6.07, 6.45) is 1.03. The molecule has 2 aromatic rings. The first kappa shape index (κ1) is 19.6. The summed E-state index contributed by atoms with van der Waals surface area (Å²) in [7, 11) is 1.81. The van der Waals surface area contributed by atoms with Crippen LogP contribution in [0.3, 0.4) is 0 Å². The molecule has 4 nitrogen and oxygen atoms in total. The maximum absolute atomic E-state index is 5.73. The van der Waals surface area contributed by atoms with Crippen LogP contribution >= 0.6 is 24.0 Å².